The van der Waals surface area contributed by atoms with Crippen molar-refractivity contribution in [1.29, 1.82) is 0 Å². The average Bonchev–Trinajstić information content (AvgIpc) is 2.90. The van der Waals surface area contributed by atoms with Crippen LogP contribution in [0.4, 0.5) is 13.2 Å². The minimum absolute atomic E-state index is 0.0393. The third kappa shape index (κ3) is 6.18. The number of aliphatic hydroxyl groups is 5. The molecule has 1 aliphatic carbocycles. The third-order valence-electron chi connectivity index (χ3n) is 4.81. The van der Waals surface area contributed by atoms with Crippen LogP contribution in [0.3, 0.4) is 0 Å². The Morgan fingerprint density at radius 1 is 1.18 bits per heavy atom. The molecule has 6 nitrogen and oxygen atoms in total. The molecule has 0 radical (unpaired) electrons. The maximum atomic E-state index is 12.7. The van der Waals surface area contributed by atoms with E-state index in [1.165, 1.54) is 24.3 Å². The lowest BCUT2D eigenvalue weighted by atomic mass is 9.88. The third-order valence-corrected chi connectivity index (χ3v) is 4.81. The zero-order chi connectivity index (χ0) is 20.9. The van der Waals surface area contributed by atoms with Gasteiger partial charge in [-0.15, -0.1) is 0 Å². The molecule has 9 heteroatoms. The SMILES string of the molecule is OCC(O)C[C@@H]1[C@@H](C=C[C@@H](O)COc2cccc(C(F)(F)F)c2)[C@H](O)C[C@@H]1O. The fraction of sp³-hybridized carbons (Fsp3) is 0.579. The van der Waals surface area contributed by atoms with Crippen LogP contribution in [0.15, 0.2) is 36.4 Å². The molecule has 2 rings (SSSR count). The van der Waals surface area contributed by atoms with Gasteiger partial charge in [-0.05, 0) is 30.5 Å². The molecule has 1 aliphatic rings. The number of rotatable bonds is 8. The zero-order valence-electron chi connectivity index (χ0n) is 15.0. The van der Waals surface area contributed by atoms with Crippen LogP contribution in [0.25, 0.3) is 0 Å². The Morgan fingerprint density at radius 2 is 1.89 bits per heavy atom. The number of halogens is 3. The number of hydrogen-bond donors (Lipinski definition) is 5. The van der Waals surface area contributed by atoms with Crippen LogP contribution < -0.4 is 4.74 Å². The zero-order valence-corrected chi connectivity index (χ0v) is 15.0. The lowest BCUT2D eigenvalue weighted by Gasteiger charge is -2.23. The monoisotopic (exact) mass is 406 g/mol. The van der Waals surface area contributed by atoms with Gasteiger partial charge in [0.1, 0.15) is 18.5 Å². The van der Waals surface area contributed by atoms with Crippen molar-refractivity contribution in [2.45, 2.75) is 43.4 Å². The fourth-order valence-electron chi connectivity index (χ4n) is 3.35. The summed E-state index contributed by atoms with van der Waals surface area (Å²) in [5.74, 6) is -1.08. The molecule has 28 heavy (non-hydrogen) atoms. The highest BCUT2D eigenvalue weighted by Gasteiger charge is 2.41. The topological polar surface area (TPSA) is 110 Å². The maximum Gasteiger partial charge on any atom is 0.416 e. The summed E-state index contributed by atoms with van der Waals surface area (Å²) in [6, 6.07) is 4.29. The predicted molar refractivity (Wildman–Crippen MR) is 93.4 cm³/mol. The molecule has 158 valence electrons. The van der Waals surface area contributed by atoms with Crippen LogP contribution in [-0.2, 0) is 6.18 Å². The molecule has 0 spiro atoms. The molecule has 1 unspecified atom stereocenters. The van der Waals surface area contributed by atoms with E-state index in [0.717, 1.165) is 12.1 Å². The van der Waals surface area contributed by atoms with E-state index in [9.17, 15) is 33.6 Å². The summed E-state index contributed by atoms with van der Waals surface area (Å²) < 4.78 is 43.3. The minimum Gasteiger partial charge on any atom is -0.491 e. The number of benzene rings is 1. The van der Waals surface area contributed by atoms with Crippen molar-refractivity contribution in [2.75, 3.05) is 13.2 Å². The molecule has 0 aromatic heterocycles. The average molecular weight is 406 g/mol. The summed E-state index contributed by atoms with van der Waals surface area (Å²) >= 11 is 0. The Bertz CT molecular complexity index is 651. The summed E-state index contributed by atoms with van der Waals surface area (Å²) in [6.45, 7) is -0.768. The van der Waals surface area contributed by atoms with Crippen LogP contribution >= 0.6 is 0 Å². The summed E-state index contributed by atoms with van der Waals surface area (Å²) in [4.78, 5) is 0. The molecule has 0 heterocycles. The molecule has 1 fully saturated rings. The van der Waals surface area contributed by atoms with Gasteiger partial charge in [0.05, 0.1) is 30.5 Å². The summed E-state index contributed by atoms with van der Waals surface area (Å²) in [6.07, 6.45) is -5.39. The molecular formula is C19H25F3O6. The van der Waals surface area contributed by atoms with Gasteiger partial charge < -0.3 is 30.3 Å². The van der Waals surface area contributed by atoms with Gasteiger partial charge >= 0.3 is 6.18 Å². The van der Waals surface area contributed by atoms with Crippen LogP contribution in [0.2, 0.25) is 0 Å². The van der Waals surface area contributed by atoms with Crippen molar-refractivity contribution in [3.8, 4) is 5.75 Å². The Morgan fingerprint density at radius 3 is 2.54 bits per heavy atom. The van der Waals surface area contributed by atoms with Gasteiger partial charge in [0.15, 0.2) is 0 Å². The van der Waals surface area contributed by atoms with E-state index in [-0.39, 0.29) is 25.2 Å². The molecule has 1 aromatic rings. The standard InChI is InChI=1S/C19H25F3O6/c20-19(21,22)11-2-1-3-14(6-11)28-10-12(24)4-5-15-16(7-13(25)9-23)18(27)8-17(15)26/h1-6,12-13,15-18,23-27H,7-10H2/t12-,13?,15-,16-,17-,18+/m1/s1. The van der Waals surface area contributed by atoms with E-state index in [4.69, 9.17) is 9.84 Å². The molecule has 0 amide bonds. The van der Waals surface area contributed by atoms with E-state index in [2.05, 4.69) is 0 Å². The van der Waals surface area contributed by atoms with Crippen molar-refractivity contribution >= 4 is 0 Å². The van der Waals surface area contributed by atoms with Crippen molar-refractivity contribution in [1.82, 2.24) is 0 Å². The Hall–Kier alpha value is -1.65. The predicted octanol–water partition coefficient (Wildman–Crippen LogP) is 1.10. The van der Waals surface area contributed by atoms with E-state index in [0.29, 0.717) is 0 Å². The highest BCUT2D eigenvalue weighted by molar-refractivity contribution is 5.30. The highest BCUT2D eigenvalue weighted by atomic mass is 19.4. The highest BCUT2D eigenvalue weighted by Crippen LogP contribution is 2.37. The van der Waals surface area contributed by atoms with Gasteiger partial charge in [-0.25, -0.2) is 0 Å². The van der Waals surface area contributed by atoms with E-state index >= 15 is 0 Å². The quantitative estimate of drug-likeness (QED) is 0.414. The molecule has 0 aliphatic heterocycles. The fourth-order valence-corrected chi connectivity index (χ4v) is 3.35. The number of alkyl halides is 3. The number of hydrogen-bond acceptors (Lipinski definition) is 6. The van der Waals surface area contributed by atoms with Gasteiger partial charge in [0, 0.05) is 12.3 Å². The van der Waals surface area contributed by atoms with E-state index < -0.39 is 54.6 Å². The lowest BCUT2D eigenvalue weighted by Crippen LogP contribution is -2.27. The van der Waals surface area contributed by atoms with E-state index in [1.54, 1.807) is 0 Å². The Balaban J connectivity index is 1.94. The summed E-state index contributed by atoms with van der Waals surface area (Å²) in [5, 5.41) is 48.6. The van der Waals surface area contributed by atoms with E-state index in [1.807, 2.05) is 0 Å². The molecule has 0 bridgehead atoms. The second-order valence-corrected chi connectivity index (χ2v) is 6.97. The summed E-state index contributed by atoms with van der Waals surface area (Å²) in [7, 11) is 0. The van der Waals surface area contributed by atoms with Gasteiger partial charge in [-0.1, -0.05) is 18.2 Å². The Kier molecular flexibility index (Phi) is 7.85. The molecule has 5 N–H and O–H groups in total. The van der Waals surface area contributed by atoms with Crippen LogP contribution in [-0.4, -0.2) is 63.2 Å². The minimum atomic E-state index is -4.49. The second-order valence-electron chi connectivity index (χ2n) is 6.97. The second kappa shape index (κ2) is 9.71. The first-order valence-electron chi connectivity index (χ1n) is 8.93. The number of ether oxygens (including phenoxy) is 1. The first kappa shape index (κ1) is 22.6. The Labute approximate surface area is 160 Å². The van der Waals surface area contributed by atoms with Crippen LogP contribution in [0.1, 0.15) is 18.4 Å². The number of aliphatic hydroxyl groups excluding tert-OH is 5. The van der Waals surface area contributed by atoms with Gasteiger partial charge in [-0.2, -0.15) is 13.2 Å². The maximum absolute atomic E-state index is 12.7. The largest absolute Gasteiger partial charge is 0.491 e. The smallest absolute Gasteiger partial charge is 0.416 e. The van der Waals surface area contributed by atoms with Crippen molar-refractivity contribution < 1.29 is 43.4 Å². The van der Waals surface area contributed by atoms with Crippen molar-refractivity contribution in [3.63, 3.8) is 0 Å². The molecule has 0 saturated heterocycles. The molecule has 1 aromatic carbocycles. The first-order valence-corrected chi connectivity index (χ1v) is 8.93. The van der Waals surface area contributed by atoms with Crippen molar-refractivity contribution in [3.05, 3.63) is 42.0 Å². The molecule has 1 saturated carbocycles. The van der Waals surface area contributed by atoms with Gasteiger partial charge in [0.25, 0.3) is 0 Å². The normalized spacial score (nSPS) is 27.9. The molecule has 6 atom stereocenters. The summed E-state index contributed by atoms with van der Waals surface area (Å²) in [5.41, 5.74) is -0.858. The van der Waals surface area contributed by atoms with Crippen LogP contribution in [0, 0.1) is 11.8 Å². The van der Waals surface area contributed by atoms with Crippen LogP contribution in [0.5, 0.6) is 5.75 Å². The molecular weight excluding hydrogens is 381 g/mol. The van der Waals surface area contributed by atoms with Gasteiger partial charge in [0.2, 0.25) is 0 Å². The van der Waals surface area contributed by atoms with Crippen molar-refractivity contribution in [2.24, 2.45) is 11.8 Å². The first-order chi connectivity index (χ1) is 13.1. The van der Waals surface area contributed by atoms with Gasteiger partial charge in [-0.3, -0.25) is 0 Å². The lowest BCUT2D eigenvalue weighted by molar-refractivity contribution is -0.137.